The second-order valence-corrected chi connectivity index (χ2v) is 5.57. The lowest BCUT2D eigenvalue weighted by Crippen LogP contribution is -1.87. The second kappa shape index (κ2) is 4.34. The molecular formula is C9H8Cl2O2S. The molecule has 0 unspecified atom stereocenters. The van der Waals surface area contributed by atoms with Gasteiger partial charge in [-0.25, -0.2) is 8.42 Å². The molecule has 1 rings (SSSR count). The number of hydrogen-bond donors (Lipinski definition) is 0. The van der Waals surface area contributed by atoms with Gasteiger partial charge >= 0.3 is 0 Å². The van der Waals surface area contributed by atoms with E-state index in [1.54, 1.807) is 18.2 Å². The molecule has 0 N–H and O–H groups in total. The lowest BCUT2D eigenvalue weighted by atomic mass is 10.2. The third kappa shape index (κ3) is 3.70. The molecule has 0 fully saturated rings. The largest absolute Gasteiger partial charge is 0.225 e. The van der Waals surface area contributed by atoms with Gasteiger partial charge in [-0.05, 0) is 29.8 Å². The van der Waals surface area contributed by atoms with Crippen molar-refractivity contribution in [1.29, 1.82) is 0 Å². The van der Waals surface area contributed by atoms with E-state index in [1.165, 1.54) is 6.08 Å². The van der Waals surface area contributed by atoms with Gasteiger partial charge in [0.05, 0.1) is 0 Å². The maximum absolute atomic E-state index is 10.8. The van der Waals surface area contributed by atoms with Gasteiger partial charge in [-0.1, -0.05) is 23.2 Å². The lowest BCUT2D eigenvalue weighted by molar-refractivity contribution is 0.610. The average molecular weight is 251 g/mol. The van der Waals surface area contributed by atoms with Crippen LogP contribution in [0.3, 0.4) is 0 Å². The molecule has 0 aliphatic carbocycles. The molecule has 76 valence electrons. The third-order valence-electron chi connectivity index (χ3n) is 1.45. The molecule has 0 spiro atoms. The van der Waals surface area contributed by atoms with Gasteiger partial charge < -0.3 is 0 Å². The van der Waals surface area contributed by atoms with Gasteiger partial charge in [0.25, 0.3) is 0 Å². The van der Waals surface area contributed by atoms with Crippen LogP contribution in [0, 0.1) is 0 Å². The molecule has 14 heavy (non-hydrogen) atoms. The van der Waals surface area contributed by atoms with Crippen LogP contribution in [0.2, 0.25) is 10.0 Å². The number of halogens is 2. The SMILES string of the molecule is CS(=O)(=O)/C=C/c1cc(Cl)ccc1Cl. The van der Waals surface area contributed by atoms with E-state index < -0.39 is 9.84 Å². The fourth-order valence-electron chi connectivity index (χ4n) is 0.839. The smallest absolute Gasteiger partial charge is 0.168 e. The Morgan fingerprint density at radius 3 is 2.50 bits per heavy atom. The predicted octanol–water partition coefficient (Wildman–Crippen LogP) is 3.01. The number of sulfone groups is 1. The molecule has 0 aliphatic heterocycles. The molecule has 0 bridgehead atoms. The Hall–Kier alpha value is -0.510. The van der Waals surface area contributed by atoms with Crippen molar-refractivity contribution in [2.45, 2.75) is 0 Å². The highest BCUT2D eigenvalue weighted by Crippen LogP contribution is 2.21. The highest BCUT2D eigenvalue weighted by atomic mass is 35.5. The molecule has 0 saturated heterocycles. The third-order valence-corrected chi connectivity index (χ3v) is 2.66. The van der Waals surface area contributed by atoms with Gasteiger partial charge in [0.2, 0.25) is 0 Å². The van der Waals surface area contributed by atoms with Gasteiger partial charge in [0, 0.05) is 21.7 Å². The number of hydrogen-bond acceptors (Lipinski definition) is 2. The Balaban J connectivity index is 3.09. The van der Waals surface area contributed by atoms with E-state index in [2.05, 4.69) is 0 Å². The molecule has 0 aromatic heterocycles. The minimum Gasteiger partial charge on any atom is -0.225 e. The van der Waals surface area contributed by atoms with Crippen LogP contribution in [-0.4, -0.2) is 14.7 Å². The highest BCUT2D eigenvalue weighted by molar-refractivity contribution is 7.93. The molecule has 0 saturated carbocycles. The van der Waals surface area contributed by atoms with E-state index in [0.717, 1.165) is 11.7 Å². The van der Waals surface area contributed by atoms with Gasteiger partial charge in [0.15, 0.2) is 9.84 Å². The summed E-state index contributed by atoms with van der Waals surface area (Å²) in [6.45, 7) is 0. The Kier molecular flexibility index (Phi) is 3.59. The standard InChI is InChI=1S/C9H8Cl2O2S/c1-14(12,13)5-4-7-6-8(10)2-3-9(7)11/h2-6H,1H3/b5-4+. The van der Waals surface area contributed by atoms with Crippen molar-refractivity contribution in [2.75, 3.05) is 6.26 Å². The Morgan fingerprint density at radius 2 is 1.93 bits per heavy atom. The van der Waals surface area contributed by atoms with Gasteiger partial charge in [-0.15, -0.1) is 0 Å². The van der Waals surface area contributed by atoms with Crippen molar-refractivity contribution >= 4 is 39.1 Å². The van der Waals surface area contributed by atoms with Crippen molar-refractivity contribution in [3.8, 4) is 0 Å². The predicted molar refractivity (Wildman–Crippen MR) is 60.3 cm³/mol. The van der Waals surface area contributed by atoms with E-state index in [9.17, 15) is 8.42 Å². The molecule has 0 amide bonds. The fraction of sp³-hybridized carbons (Fsp3) is 0.111. The minimum atomic E-state index is -3.13. The first kappa shape index (κ1) is 11.6. The summed E-state index contributed by atoms with van der Waals surface area (Å²) < 4.78 is 21.7. The summed E-state index contributed by atoms with van der Waals surface area (Å²) in [5.41, 5.74) is 0.588. The highest BCUT2D eigenvalue weighted by Gasteiger charge is 1.99. The maximum atomic E-state index is 10.8. The van der Waals surface area contributed by atoms with Crippen LogP contribution in [0.1, 0.15) is 5.56 Å². The van der Waals surface area contributed by atoms with E-state index in [1.807, 2.05) is 0 Å². The first-order valence-corrected chi connectivity index (χ1v) is 6.43. The molecule has 1 aromatic carbocycles. The van der Waals surface area contributed by atoms with Crippen LogP contribution in [-0.2, 0) is 9.84 Å². The first-order valence-electron chi connectivity index (χ1n) is 3.72. The summed E-state index contributed by atoms with van der Waals surface area (Å²) in [6, 6.07) is 4.86. The van der Waals surface area contributed by atoms with Crippen molar-refractivity contribution in [3.63, 3.8) is 0 Å². The van der Waals surface area contributed by atoms with Crippen LogP contribution in [0.5, 0.6) is 0 Å². The zero-order valence-electron chi connectivity index (χ0n) is 7.37. The molecular weight excluding hydrogens is 243 g/mol. The van der Waals surface area contributed by atoms with Crippen LogP contribution < -0.4 is 0 Å². The Bertz CT molecular complexity index is 464. The fourth-order valence-corrected chi connectivity index (χ4v) is 1.59. The van der Waals surface area contributed by atoms with Crippen LogP contribution in [0.4, 0.5) is 0 Å². The molecule has 0 radical (unpaired) electrons. The van der Waals surface area contributed by atoms with E-state index >= 15 is 0 Å². The first-order chi connectivity index (χ1) is 6.38. The number of benzene rings is 1. The lowest BCUT2D eigenvalue weighted by Gasteiger charge is -1.97. The molecule has 0 atom stereocenters. The molecule has 0 heterocycles. The zero-order chi connectivity index (χ0) is 10.8. The van der Waals surface area contributed by atoms with Gasteiger partial charge in [0.1, 0.15) is 0 Å². The van der Waals surface area contributed by atoms with E-state index in [4.69, 9.17) is 23.2 Å². The van der Waals surface area contributed by atoms with Crippen LogP contribution in [0.15, 0.2) is 23.6 Å². The molecule has 0 aliphatic rings. The average Bonchev–Trinajstić information content (AvgIpc) is 2.05. The Labute approximate surface area is 93.1 Å². The van der Waals surface area contributed by atoms with Crippen molar-refractivity contribution in [3.05, 3.63) is 39.2 Å². The quantitative estimate of drug-likeness (QED) is 0.809. The summed E-state index contributed by atoms with van der Waals surface area (Å²) in [4.78, 5) is 0. The van der Waals surface area contributed by atoms with Crippen molar-refractivity contribution in [2.24, 2.45) is 0 Å². The van der Waals surface area contributed by atoms with Crippen molar-refractivity contribution < 1.29 is 8.42 Å². The van der Waals surface area contributed by atoms with E-state index in [0.29, 0.717) is 15.6 Å². The van der Waals surface area contributed by atoms with Gasteiger partial charge in [-0.2, -0.15) is 0 Å². The maximum Gasteiger partial charge on any atom is 0.168 e. The van der Waals surface area contributed by atoms with Crippen LogP contribution >= 0.6 is 23.2 Å². The summed E-state index contributed by atoms with van der Waals surface area (Å²) in [5.74, 6) is 0. The Morgan fingerprint density at radius 1 is 1.29 bits per heavy atom. The number of rotatable bonds is 2. The summed E-state index contributed by atoms with van der Waals surface area (Å²) in [5, 5.41) is 2.07. The molecule has 2 nitrogen and oxygen atoms in total. The van der Waals surface area contributed by atoms with E-state index in [-0.39, 0.29) is 0 Å². The molecule has 5 heteroatoms. The van der Waals surface area contributed by atoms with Crippen molar-refractivity contribution in [1.82, 2.24) is 0 Å². The summed E-state index contributed by atoms with van der Waals surface area (Å²) >= 11 is 11.5. The zero-order valence-corrected chi connectivity index (χ0v) is 9.70. The summed E-state index contributed by atoms with van der Waals surface area (Å²) in [7, 11) is -3.13. The van der Waals surface area contributed by atoms with Crippen LogP contribution in [0.25, 0.3) is 6.08 Å². The van der Waals surface area contributed by atoms with Gasteiger partial charge in [-0.3, -0.25) is 0 Å². The molecule has 1 aromatic rings. The normalized spacial score (nSPS) is 12.2. The second-order valence-electron chi connectivity index (χ2n) is 2.80. The summed E-state index contributed by atoms with van der Waals surface area (Å²) in [6.07, 6.45) is 2.53. The topological polar surface area (TPSA) is 34.1 Å². The minimum absolute atomic E-state index is 0.467. The monoisotopic (exact) mass is 250 g/mol.